The standard InChI is InChI=1S/C9H14O2S/c10-9(11)6-8(12)5-7-3-1-2-4-7/h5,7,12H,1-4,6H2,(H,10,11)/b8-5-. The fourth-order valence-corrected chi connectivity index (χ4v) is 1.96. The molecule has 1 saturated carbocycles. The van der Waals surface area contributed by atoms with Gasteiger partial charge in [0.15, 0.2) is 0 Å². The molecule has 0 saturated heterocycles. The molecule has 0 unspecified atom stereocenters. The van der Waals surface area contributed by atoms with E-state index in [1.807, 2.05) is 6.08 Å². The summed E-state index contributed by atoms with van der Waals surface area (Å²) in [5, 5.41) is 8.47. The van der Waals surface area contributed by atoms with Crippen LogP contribution in [-0.4, -0.2) is 11.1 Å². The zero-order valence-corrected chi connectivity index (χ0v) is 7.89. The molecule has 1 aliphatic carbocycles. The molecule has 1 aliphatic rings. The molecule has 1 fully saturated rings. The Morgan fingerprint density at radius 1 is 1.50 bits per heavy atom. The van der Waals surface area contributed by atoms with Gasteiger partial charge >= 0.3 is 5.97 Å². The number of hydrogen-bond donors (Lipinski definition) is 2. The van der Waals surface area contributed by atoms with Crippen molar-refractivity contribution in [3.05, 3.63) is 11.0 Å². The van der Waals surface area contributed by atoms with Crippen LogP contribution < -0.4 is 0 Å². The van der Waals surface area contributed by atoms with Crippen LogP contribution in [0.1, 0.15) is 32.1 Å². The van der Waals surface area contributed by atoms with Crippen molar-refractivity contribution in [2.24, 2.45) is 5.92 Å². The molecule has 0 aromatic rings. The molecule has 0 radical (unpaired) electrons. The zero-order chi connectivity index (χ0) is 8.97. The van der Waals surface area contributed by atoms with Gasteiger partial charge in [-0.3, -0.25) is 4.79 Å². The van der Waals surface area contributed by atoms with Gasteiger partial charge in [0.1, 0.15) is 0 Å². The van der Waals surface area contributed by atoms with E-state index in [4.69, 9.17) is 5.11 Å². The van der Waals surface area contributed by atoms with Crippen molar-refractivity contribution < 1.29 is 9.90 Å². The molecular weight excluding hydrogens is 172 g/mol. The maximum absolute atomic E-state index is 10.3. The van der Waals surface area contributed by atoms with E-state index in [1.54, 1.807) is 0 Å². The van der Waals surface area contributed by atoms with Crippen LogP contribution in [0.5, 0.6) is 0 Å². The summed E-state index contributed by atoms with van der Waals surface area (Å²) in [6, 6.07) is 0. The second-order valence-corrected chi connectivity index (χ2v) is 3.85. The maximum atomic E-state index is 10.3. The van der Waals surface area contributed by atoms with Crippen molar-refractivity contribution in [2.75, 3.05) is 0 Å². The third-order valence-corrected chi connectivity index (χ3v) is 2.47. The third-order valence-electron chi connectivity index (χ3n) is 2.16. The van der Waals surface area contributed by atoms with Crippen LogP contribution in [0.3, 0.4) is 0 Å². The number of aliphatic carboxylic acids is 1. The van der Waals surface area contributed by atoms with E-state index in [-0.39, 0.29) is 6.42 Å². The van der Waals surface area contributed by atoms with Crippen LogP contribution in [0, 0.1) is 5.92 Å². The summed E-state index contributed by atoms with van der Waals surface area (Å²) in [4.78, 5) is 11.0. The molecule has 1 rings (SSSR count). The van der Waals surface area contributed by atoms with Crippen molar-refractivity contribution in [1.29, 1.82) is 0 Å². The molecule has 0 aromatic carbocycles. The molecule has 68 valence electrons. The lowest BCUT2D eigenvalue weighted by Crippen LogP contribution is -1.95. The summed E-state index contributed by atoms with van der Waals surface area (Å²) in [6.45, 7) is 0. The molecule has 0 atom stereocenters. The summed E-state index contributed by atoms with van der Waals surface area (Å²) in [5.74, 6) is -0.217. The van der Waals surface area contributed by atoms with Crippen molar-refractivity contribution in [3.63, 3.8) is 0 Å². The maximum Gasteiger partial charge on any atom is 0.308 e. The lowest BCUT2D eigenvalue weighted by Gasteiger charge is -2.02. The topological polar surface area (TPSA) is 37.3 Å². The van der Waals surface area contributed by atoms with Crippen LogP contribution >= 0.6 is 12.6 Å². The van der Waals surface area contributed by atoms with Crippen LogP contribution in [-0.2, 0) is 4.79 Å². The monoisotopic (exact) mass is 186 g/mol. The highest BCUT2D eigenvalue weighted by molar-refractivity contribution is 7.84. The van der Waals surface area contributed by atoms with E-state index in [1.165, 1.54) is 25.7 Å². The second-order valence-electron chi connectivity index (χ2n) is 3.27. The average molecular weight is 186 g/mol. The third kappa shape index (κ3) is 3.30. The van der Waals surface area contributed by atoms with Crippen LogP contribution in [0.25, 0.3) is 0 Å². The van der Waals surface area contributed by atoms with Crippen molar-refractivity contribution >= 4 is 18.6 Å². The van der Waals surface area contributed by atoms with Gasteiger partial charge in [0.2, 0.25) is 0 Å². The number of thiol groups is 1. The summed E-state index contributed by atoms with van der Waals surface area (Å²) in [7, 11) is 0. The van der Waals surface area contributed by atoms with Gasteiger partial charge in [-0.25, -0.2) is 0 Å². The Labute approximate surface area is 78.1 Å². The van der Waals surface area contributed by atoms with Crippen molar-refractivity contribution in [1.82, 2.24) is 0 Å². The minimum Gasteiger partial charge on any atom is -0.481 e. The summed E-state index contributed by atoms with van der Waals surface area (Å²) in [6.07, 6.45) is 7.02. The Hall–Kier alpha value is -0.440. The zero-order valence-electron chi connectivity index (χ0n) is 6.99. The predicted molar refractivity (Wildman–Crippen MR) is 51.3 cm³/mol. The number of carboxylic acid groups (broad SMARTS) is 1. The molecule has 0 aliphatic heterocycles. The molecule has 0 aromatic heterocycles. The van der Waals surface area contributed by atoms with Gasteiger partial charge in [-0.05, 0) is 23.7 Å². The number of hydrogen-bond acceptors (Lipinski definition) is 2. The molecule has 12 heavy (non-hydrogen) atoms. The molecule has 1 N–H and O–H groups in total. The van der Waals surface area contributed by atoms with E-state index in [0.717, 1.165) is 0 Å². The number of carbonyl (C=O) groups is 1. The van der Waals surface area contributed by atoms with Crippen molar-refractivity contribution in [3.8, 4) is 0 Å². The molecule has 3 heteroatoms. The molecule has 0 heterocycles. The Morgan fingerprint density at radius 2 is 2.08 bits per heavy atom. The van der Waals surface area contributed by atoms with E-state index in [9.17, 15) is 4.79 Å². The van der Waals surface area contributed by atoms with Gasteiger partial charge in [-0.2, -0.15) is 0 Å². The Bertz CT molecular complexity index is 193. The van der Waals surface area contributed by atoms with E-state index >= 15 is 0 Å². The fourth-order valence-electron chi connectivity index (χ4n) is 1.61. The minimum atomic E-state index is -0.797. The lowest BCUT2D eigenvalue weighted by atomic mass is 10.1. The summed E-state index contributed by atoms with van der Waals surface area (Å²) >= 11 is 4.12. The van der Waals surface area contributed by atoms with Gasteiger partial charge < -0.3 is 5.11 Å². The fraction of sp³-hybridized carbons (Fsp3) is 0.667. The van der Waals surface area contributed by atoms with E-state index in [2.05, 4.69) is 12.6 Å². The quantitative estimate of drug-likeness (QED) is 0.664. The highest BCUT2D eigenvalue weighted by atomic mass is 32.1. The van der Waals surface area contributed by atoms with Crippen LogP contribution in [0.2, 0.25) is 0 Å². The van der Waals surface area contributed by atoms with Crippen LogP contribution in [0.4, 0.5) is 0 Å². The van der Waals surface area contributed by atoms with Gasteiger partial charge in [-0.1, -0.05) is 18.9 Å². The van der Waals surface area contributed by atoms with Gasteiger partial charge in [0.25, 0.3) is 0 Å². The Morgan fingerprint density at radius 3 is 2.58 bits per heavy atom. The SMILES string of the molecule is O=C(O)C/C(S)=C/C1CCCC1. The summed E-state index contributed by atoms with van der Waals surface area (Å²) in [5.41, 5.74) is 0. The van der Waals surface area contributed by atoms with Crippen LogP contribution in [0.15, 0.2) is 11.0 Å². The van der Waals surface area contributed by atoms with E-state index < -0.39 is 5.97 Å². The summed E-state index contributed by atoms with van der Waals surface area (Å²) < 4.78 is 0. The minimum absolute atomic E-state index is 0.0691. The van der Waals surface area contributed by atoms with Gasteiger partial charge in [0, 0.05) is 0 Å². The van der Waals surface area contributed by atoms with Crippen molar-refractivity contribution in [2.45, 2.75) is 32.1 Å². The first-order valence-electron chi connectivity index (χ1n) is 4.30. The number of carboxylic acids is 1. The normalized spacial score (nSPS) is 19.9. The van der Waals surface area contributed by atoms with Gasteiger partial charge in [0.05, 0.1) is 6.42 Å². The molecular formula is C9H14O2S. The number of allylic oxidation sites excluding steroid dienone is 1. The lowest BCUT2D eigenvalue weighted by molar-refractivity contribution is -0.136. The first kappa shape index (κ1) is 9.65. The van der Waals surface area contributed by atoms with Gasteiger partial charge in [-0.15, -0.1) is 12.6 Å². The number of rotatable bonds is 3. The smallest absolute Gasteiger partial charge is 0.308 e. The first-order valence-corrected chi connectivity index (χ1v) is 4.74. The largest absolute Gasteiger partial charge is 0.481 e. The highest BCUT2D eigenvalue weighted by Gasteiger charge is 2.13. The molecule has 2 nitrogen and oxygen atoms in total. The molecule has 0 spiro atoms. The molecule has 0 bridgehead atoms. The van der Waals surface area contributed by atoms with E-state index in [0.29, 0.717) is 10.8 Å². The average Bonchev–Trinajstić information content (AvgIpc) is 2.37. The second kappa shape index (κ2) is 4.55. The Kier molecular flexibility index (Phi) is 3.66. The first-order chi connectivity index (χ1) is 5.68. The Balaban J connectivity index is 2.38. The molecule has 0 amide bonds. The highest BCUT2D eigenvalue weighted by Crippen LogP contribution is 2.27. The predicted octanol–water partition coefficient (Wildman–Crippen LogP) is 2.47.